The maximum atomic E-state index is 14.2. The van der Waals surface area contributed by atoms with Crippen LogP contribution in [0.1, 0.15) is 28.6 Å². The van der Waals surface area contributed by atoms with Crippen LogP contribution in [0.2, 0.25) is 0 Å². The Bertz CT molecular complexity index is 1730. The van der Waals surface area contributed by atoms with Crippen molar-refractivity contribution >= 4 is 11.8 Å². The lowest BCUT2D eigenvalue weighted by molar-refractivity contribution is 0.246. The van der Waals surface area contributed by atoms with E-state index >= 15 is 0 Å². The number of nitrogens with one attached hydrogen (secondary N) is 2. The quantitative estimate of drug-likeness (QED) is 0.267. The van der Waals surface area contributed by atoms with E-state index in [-0.39, 0.29) is 12.0 Å². The lowest BCUT2D eigenvalue weighted by Gasteiger charge is -2.21. The van der Waals surface area contributed by atoms with Crippen LogP contribution in [0.4, 0.5) is 19.4 Å². The van der Waals surface area contributed by atoms with Crippen LogP contribution in [0, 0.1) is 25.5 Å². The second-order valence-electron chi connectivity index (χ2n) is 10.7. The Morgan fingerprint density at radius 1 is 1.05 bits per heavy atom. The average Bonchev–Trinajstić information content (AvgIpc) is 3.75. The van der Waals surface area contributed by atoms with Crippen molar-refractivity contribution in [1.82, 2.24) is 29.8 Å². The minimum atomic E-state index is -0.916. The van der Waals surface area contributed by atoms with E-state index < -0.39 is 17.7 Å². The molecule has 2 amide bonds. The Hall–Kier alpha value is -4.77. The molecule has 4 heterocycles. The summed E-state index contributed by atoms with van der Waals surface area (Å²) in [5.74, 6) is 0.0337. The molecule has 5 aromatic rings. The van der Waals surface area contributed by atoms with E-state index in [1.165, 1.54) is 6.07 Å². The van der Waals surface area contributed by atoms with Crippen LogP contribution in [0.15, 0.2) is 77.5 Å². The van der Waals surface area contributed by atoms with Crippen LogP contribution in [-0.2, 0) is 13.6 Å². The fourth-order valence-electron chi connectivity index (χ4n) is 5.56. The molecule has 2 aromatic carbocycles. The third-order valence-corrected chi connectivity index (χ3v) is 7.59. The van der Waals surface area contributed by atoms with E-state index in [4.69, 9.17) is 9.52 Å². The Morgan fingerprint density at radius 2 is 1.86 bits per heavy atom. The number of rotatable bonds is 7. The molecule has 2 N–H and O–H groups in total. The topological polar surface area (TPSA) is 93.2 Å². The standard InChI is InChI=1S/C31H31F2N7O2/c1-19-9-11-24(42-19)16-39-17-25(21-10-12-26(32)27(33)13-21)28(18-39)35-31(41)36-30-20(2)29(22-14-34-38(3)15-22)37-40(30)23-7-5-4-6-8-23/h4-15,25,28H,16-18H2,1-3H3,(H2,35,36,41)/t25-,28+/m0/s1. The van der Waals surface area contributed by atoms with Gasteiger partial charge in [-0.25, -0.2) is 18.3 Å². The number of hydrogen-bond donors (Lipinski definition) is 2. The highest BCUT2D eigenvalue weighted by Crippen LogP contribution is 2.32. The van der Waals surface area contributed by atoms with Gasteiger partial charge in [-0.05, 0) is 55.8 Å². The number of carbonyl (C=O) groups is 1. The van der Waals surface area contributed by atoms with Gasteiger partial charge in [0, 0.05) is 43.4 Å². The average molecular weight is 572 g/mol. The number of carbonyl (C=O) groups excluding carboxylic acids is 1. The highest BCUT2D eigenvalue weighted by molar-refractivity contribution is 5.91. The largest absolute Gasteiger partial charge is 0.465 e. The smallest absolute Gasteiger partial charge is 0.320 e. The van der Waals surface area contributed by atoms with Crippen LogP contribution in [0.3, 0.4) is 0 Å². The molecule has 6 rings (SSSR count). The molecule has 0 aliphatic carbocycles. The summed E-state index contributed by atoms with van der Waals surface area (Å²) in [6.45, 7) is 5.34. The van der Waals surface area contributed by atoms with E-state index in [2.05, 4.69) is 20.6 Å². The lowest BCUT2D eigenvalue weighted by Crippen LogP contribution is -2.42. The van der Waals surface area contributed by atoms with Crippen molar-refractivity contribution < 1.29 is 18.0 Å². The Labute approximate surface area is 241 Å². The minimum absolute atomic E-state index is 0.270. The number of likely N-dealkylation sites (tertiary alicyclic amines) is 1. The first-order chi connectivity index (χ1) is 20.2. The van der Waals surface area contributed by atoms with Crippen LogP contribution < -0.4 is 10.6 Å². The number of aryl methyl sites for hydroxylation is 2. The van der Waals surface area contributed by atoms with Gasteiger partial charge in [0.05, 0.1) is 24.5 Å². The van der Waals surface area contributed by atoms with E-state index in [0.29, 0.717) is 36.7 Å². The predicted octanol–water partition coefficient (Wildman–Crippen LogP) is 5.55. The van der Waals surface area contributed by atoms with E-state index in [9.17, 15) is 13.6 Å². The summed E-state index contributed by atoms with van der Waals surface area (Å²) in [6, 6.07) is 16.5. The number of halogens is 2. The Morgan fingerprint density at radius 3 is 2.55 bits per heavy atom. The van der Waals surface area contributed by atoms with Crippen molar-refractivity contribution in [1.29, 1.82) is 0 Å². The van der Waals surface area contributed by atoms with Gasteiger partial charge in [-0.3, -0.25) is 14.9 Å². The number of urea groups is 1. The zero-order valence-electron chi connectivity index (χ0n) is 23.5. The van der Waals surface area contributed by atoms with Crippen LogP contribution in [-0.4, -0.2) is 49.6 Å². The van der Waals surface area contributed by atoms with Crippen molar-refractivity contribution in [3.63, 3.8) is 0 Å². The molecule has 0 spiro atoms. The van der Waals surface area contributed by atoms with Gasteiger partial charge < -0.3 is 9.73 Å². The fraction of sp³-hybridized carbons (Fsp3) is 0.258. The summed E-state index contributed by atoms with van der Waals surface area (Å²) in [4.78, 5) is 15.7. The predicted molar refractivity (Wildman–Crippen MR) is 154 cm³/mol. The van der Waals surface area contributed by atoms with Gasteiger partial charge in [-0.15, -0.1) is 0 Å². The molecule has 11 heteroatoms. The molecule has 216 valence electrons. The van der Waals surface area contributed by atoms with Crippen molar-refractivity contribution in [2.24, 2.45) is 7.05 Å². The normalized spacial score (nSPS) is 17.1. The van der Waals surface area contributed by atoms with Gasteiger partial charge >= 0.3 is 6.03 Å². The van der Waals surface area contributed by atoms with Gasteiger partial charge in [0.25, 0.3) is 0 Å². The summed E-state index contributed by atoms with van der Waals surface area (Å²) >= 11 is 0. The van der Waals surface area contributed by atoms with Gasteiger partial charge in [0.15, 0.2) is 11.6 Å². The molecule has 0 radical (unpaired) electrons. The second-order valence-corrected chi connectivity index (χ2v) is 10.7. The monoisotopic (exact) mass is 571 g/mol. The maximum Gasteiger partial charge on any atom is 0.320 e. The molecule has 1 aliphatic heterocycles. The number of anilines is 1. The number of hydrogen-bond acceptors (Lipinski definition) is 5. The highest BCUT2D eigenvalue weighted by Gasteiger charge is 2.36. The van der Waals surface area contributed by atoms with Crippen LogP contribution in [0.25, 0.3) is 16.9 Å². The molecule has 0 saturated carbocycles. The van der Waals surface area contributed by atoms with Gasteiger partial charge in [-0.2, -0.15) is 10.2 Å². The molecular weight excluding hydrogens is 540 g/mol. The van der Waals surface area contributed by atoms with Crippen LogP contribution >= 0.6 is 0 Å². The molecule has 2 atom stereocenters. The molecule has 9 nitrogen and oxygen atoms in total. The van der Waals surface area contributed by atoms with E-state index in [1.54, 1.807) is 21.6 Å². The Balaban J connectivity index is 1.28. The van der Waals surface area contributed by atoms with Crippen LogP contribution in [0.5, 0.6) is 0 Å². The molecule has 42 heavy (non-hydrogen) atoms. The van der Waals surface area contributed by atoms with Gasteiger partial charge in [0.2, 0.25) is 0 Å². The summed E-state index contributed by atoms with van der Waals surface area (Å²) in [5.41, 5.74) is 3.70. The SMILES string of the molecule is Cc1ccc(CN2C[C@@H](NC(=O)Nc3c(C)c(-c4cnn(C)c4)nn3-c3ccccc3)[C@H](c3ccc(F)c(F)c3)C2)o1. The third kappa shape index (κ3) is 5.55. The molecule has 1 saturated heterocycles. The zero-order chi connectivity index (χ0) is 29.4. The molecular formula is C31H31F2N7O2. The van der Waals surface area contributed by atoms with Gasteiger partial charge in [-0.1, -0.05) is 24.3 Å². The second kappa shape index (κ2) is 11.2. The lowest BCUT2D eigenvalue weighted by atomic mass is 9.94. The molecule has 1 aliphatic rings. The molecule has 1 fully saturated rings. The first-order valence-electron chi connectivity index (χ1n) is 13.7. The molecule has 3 aromatic heterocycles. The molecule has 0 unspecified atom stereocenters. The maximum absolute atomic E-state index is 14.2. The summed E-state index contributed by atoms with van der Waals surface area (Å²) in [5, 5.41) is 15.2. The van der Waals surface area contributed by atoms with E-state index in [1.807, 2.05) is 69.6 Å². The van der Waals surface area contributed by atoms with Crippen molar-refractivity contribution in [2.45, 2.75) is 32.4 Å². The van der Waals surface area contributed by atoms with Gasteiger partial charge in [0.1, 0.15) is 23.0 Å². The minimum Gasteiger partial charge on any atom is -0.465 e. The van der Waals surface area contributed by atoms with E-state index in [0.717, 1.165) is 34.4 Å². The van der Waals surface area contributed by atoms with Crippen molar-refractivity contribution in [2.75, 3.05) is 18.4 Å². The number of para-hydroxylation sites is 1. The fourth-order valence-corrected chi connectivity index (χ4v) is 5.56. The summed E-state index contributed by atoms with van der Waals surface area (Å²) in [7, 11) is 1.83. The Kier molecular flexibility index (Phi) is 7.34. The number of aromatic nitrogens is 4. The number of benzene rings is 2. The molecule has 0 bridgehead atoms. The highest BCUT2D eigenvalue weighted by atomic mass is 19.2. The summed E-state index contributed by atoms with van der Waals surface area (Å²) < 4.78 is 37.1. The first kappa shape index (κ1) is 27.4. The van der Waals surface area contributed by atoms with Crippen molar-refractivity contribution in [3.8, 4) is 16.9 Å². The number of amides is 2. The zero-order valence-corrected chi connectivity index (χ0v) is 23.5. The summed E-state index contributed by atoms with van der Waals surface area (Å²) in [6.07, 6.45) is 3.60. The number of furan rings is 1. The van der Waals surface area contributed by atoms with Crippen molar-refractivity contribution in [3.05, 3.63) is 107 Å². The number of nitrogens with zero attached hydrogens (tertiary/aromatic N) is 5. The third-order valence-electron chi connectivity index (χ3n) is 7.59. The first-order valence-corrected chi connectivity index (χ1v) is 13.7.